The standard InChI is InChI=1S/C31H36N2O5/c1-21(2)17-26(19-28(34)38-4)30(35)33-29(31(36)32-20-22-9-8-12-27(18-22)37-3)25-15-13-24(14-16-25)23-10-6-5-7-11-23/h5-16,18,21,26,29H,17,19-20H2,1-4H3,(H,32,36)(H,33,35)/t26-,29?/m1/s1. The van der Waals surface area contributed by atoms with Gasteiger partial charge in [0.1, 0.15) is 11.8 Å². The fourth-order valence-corrected chi connectivity index (χ4v) is 4.27. The van der Waals surface area contributed by atoms with Gasteiger partial charge in [-0.05, 0) is 46.7 Å². The van der Waals surface area contributed by atoms with Crippen molar-refractivity contribution in [3.63, 3.8) is 0 Å². The molecule has 0 heterocycles. The van der Waals surface area contributed by atoms with Crippen molar-refractivity contribution in [2.45, 2.75) is 39.3 Å². The van der Waals surface area contributed by atoms with Gasteiger partial charge in [0.2, 0.25) is 11.8 Å². The van der Waals surface area contributed by atoms with Gasteiger partial charge in [0.25, 0.3) is 0 Å². The molecular formula is C31H36N2O5. The summed E-state index contributed by atoms with van der Waals surface area (Å²) in [6.07, 6.45) is 0.442. The van der Waals surface area contributed by atoms with E-state index in [4.69, 9.17) is 9.47 Å². The molecular weight excluding hydrogens is 480 g/mol. The van der Waals surface area contributed by atoms with Crippen molar-refractivity contribution in [2.24, 2.45) is 11.8 Å². The molecule has 0 aliphatic rings. The van der Waals surface area contributed by atoms with Crippen LogP contribution < -0.4 is 15.4 Å². The number of hydrogen-bond donors (Lipinski definition) is 2. The minimum absolute atomic E-state index is 0.0500. The summed E-state index contributed by atoms with van der Waals surface area (Å²) in [5.74, 6) is -0.914. The predicted octanol–water partition coefficient (Wildman–Crippen LogP) is 5.06. The van der Waals surface area contributed by atoms with Gasteiger partial charge in [-0.25, -0.2) is 0 Å². The molecule has 3 aromatic rings. The van der Waals surface area contributed by atoms with Crippen molar-refractivity contribution in [3.8, 4) is 16.9 Å². The molecule has 7 nitrogen and oxygen atoms in total. The van der Waals surface area contributed by atoms with Gasteiger partial charge in [-0.2, -0.15) is 0 Å². The summed E-state index contributed by atoms with van der Waals surface area (Å²) in [5, 5.41) is 5.83. The second-order valence-electron chi connectivity index (χ2n) is 9.61. The third-order valence-electron chi connectivity index (χ3n) is 6.27. The summed E-state index contributed by atoms with van der Waals surface area (Å²) in [5.41, 5.74) is 3.56. The van der Waals surface area contributed by atoms with Gasteiger partial charge in [0, 0.05) is 12.5 Å². The molecule has 0 bridgehead atoms. The van der Waals surface area contributed by atoms with Crippen LogP contribution in [0, 0.1) is 11.8 Å². The quantitative estimate of drug-likeness (QED) is 0.328. The third-order valence-corrected chi connectivity index (χ3v) is 6.27. The Balaban J connectivity index is 1.84. The maximum Gasteiger partial charge on any atom is 0.306 e. The first kappa shape index (κ1) is 28.4. The Bertz CT molecular complexity index is 1210. The van der Waals surface area contributed by atoms with Crippen LogP contribution in [0.3, 0.4) is 0 Å². The lowest BCUT2D eigenvalue weighted by atomic mass is 9.92. The SMILES string of the molecule is COC(=O)C[C@@H](CC(C)C)C(=O)NC(C(=O)NCc1cccc(OC)c1)c1ccc(-c2ccccc2)cc1. The van der Waals surface area contributed by atoms with Crippen LogP contribution in [0.4, 0.5) is 0 Å². The zero-order valence-electron chi connectivity index (χ0n) is 22.4. The highest BCUT2D eigenvalue weighted by molar-refractivity contribution is 5.91. The van der Waals surface area contributed by atoms with E-state index in [9.17, 15) is 14.4 Å². The molecule has 0 aliphatic carbocycles. The van der Waals surface area contributed by atoms with Crippen molar-refractivity contribution in [2.75, 3.05) is 14.2 Å². The number of carbonyl (C=O) groups is 3. The summed E-state index contributed by atoms with van der Waals surface area (Å²) >= 11 is 0. The number of esters is 1. The second-order valence-corrected chi connectivity index (χ2v) is 9.61. The Labute approximate surface area is 224 Å². The van der Waals surface area contributed by atoms with E-state index >= 15 is 0 Å². The molecule has 0 fully saturated rings. The molecule has 0 saturated carbocycles. The zero-order chi connectivity index (χ0) is 27.5. The lowest BCUT2D eigenvalue weighted by Gasteiger charge is -2.23. The van der Waals surface area contributed by atoms with E-state index in [0.717, 1.165) is 16.7 Å². The highest BCUT2D eigenvalue weighted by atomic mass is 16.5. The number of methoxy groups -OCH3 is 2. The summed E-state index contributed by atoms with van der Waals surface area (Å²) in [7, 11) is 2.89. The molecule has 2 atom stereocenters. The second kappa shape index (κ2) is 14.0. The van der Waals surface area contributed by atoms with E-state index in [1.807, 2.05) is 92.7 Å². The van der Waals surface area contributed by atoms with E-state index in [-0.39, 0.29) is 30.7 Å². The smallest absolute Gasteiger partial charge is 0.306 e. The van der Waals surface area contributed by atoms with Crippen molar-refractivity contribution in [1.29, 1.82) is 0 Å². The van der Waals surface area contributed by atoms with E-state index in [1.165, 1.54) is 7.11 Å². The van der Waals surface area contributed by atoms with Gasteiger partial charge in [-0.1, -0.05) is 80.6 Å². The molecule has 0 aromatic heterocycles. The maximum atomic E-state index is 13.4. The van der Waals surface area contributed by atoms with E-state index in [0.29, 0.717) is 17.7 Å². The van der Waals surface area contributed by atoms with Crippen LogP contribution in [-0.2, 0) is 25.7 Å². The molecule has 7 heteroatoms. The van der Waals surface area contributed by atoms with Gasteiger partial charge >= 0.3 is 5.97 Å². The molecule has 38 heavy (non-hydrogen) atoms. The number of rotatable bonds is 12. The molecule has 3 aromatic carbocycles. The lowest BCUT2D eigenvalue weighted by molar-refractivity contribution is -0.144. The molecule has 0 saturated heterocycles. The Morgan fingerprint density at radius 1 is 0.816 bits per heavy atom. The minimum Gasteiger partial charge on any atom is -0.497 e. The van der Waals surface area contributed by atoms with Crippen LogP contribution in [0.15, 0.2) is 78.9 Å². The average molecular weight is 517 g/mol. The molecule has 0 aliphatic heterocycles. The van der Waals surface area contributed by atoms with Gasteiger partial charge < -0.3 is 20.1 Å². The highest BCUT2D eigenvalue weighted by Crippen LogP contribution is 2.24. The molecule has 3 rings (SSSR count). The maximum absolute atomic E-state index is 13.4. The number of hydrogen-bond acceptors (Lipinski definition) is 5. The summed E-state index contributed by atoms with van der Waals surface area (Å²) in [6.45, 7) is 4.23. The van der Waals surface area contributed by atoms with E-state index in [1.54, 1.807) is 7.11 Å². The first-order valence-corrected chi connectivity index (χ1v) is 12.7. The molecule has 2 amide bonds. The first-order chi connectivity index (χ1) is 18.3. The lowest BCUT2D eigenvalue weighted by Crippen LogP contribution is -2.43. The number of carbonyl (C=O) groups excluding carboxylic acids is 3. The van der Waals surface area contributed by atoms with Crippen molar-refractivity contribution < 1.29 is 23.9 Å². The largest absolute Gasteiger partial charge is 0.497 e. The molecule has 1 unspecified atom stereocenters. The summed E-state index contributed by atoms with van der Waals surface area (Å²) in [6, 6.07) is 23.9. The topological polar surface area (TPSA) is 93.7 Å². The zero-order valence-corrected chi connectivity index (χ0v) is 22.4. The highest BCUT2D eigenvalue weighted by Gasteiger charge is 2.29. The molecule has 2 N–H and O–H groups in total. The third kappa shape index (κ3) is 8.20. The van der Waals surface area contributed by atoms with Crippen LogP contribution in [0.25, 0.3) is 11.1 Å². The fraction of sp³-hybridized carbons (Fsp3) is 0.323. The summed E-state index contributed by atoms with van der Waals surface area (Å²) < 4.78 is 10.1. The van der Waals surface area contributed by atoms with Gasteiger partial charge in [0.15, 0.2) is 0 Å². The Morgan fingerprint density at radius 3 is 2.13 bits per heavy atom. The monoisotopic (exact) mass is 516 g/mol. The molecule has 0 spiro atoms. The van der Waals surface area contributed by atoms with Crippen LogP contribution in [-0.4, -0.2) is 32.0 Å². The number of nitrogens with one attached hydrogen (secondary N) is 2. The first-order valence-electron chi connectivity index (χ1n) is 12.7. The van der Waals surface area contributed by atoms with Crippen LogP contribution in [0.5, 0.6) is 5.75 Å². The number of ether oxygens (including phenoxy) is 2. The van der Waals surface area contributed by atoms with Gasteiger partial charge in [-0.15, -0.1) is 0 Å². The van der Waals surface area contributed by atoms with Crippen LogP contribution >= 0.6 is 0 Å². The number of benzene rings is 3. The van der Waals surface area contributed by atoms with E-state index < -0.39 is 17.9 Å². The van der Waals surface area contributed by atoms with Gasteiger partial charge in [0.05, 0.1) is 20.6 Å². The fourth-order valence-electron chi connectivity index (χ4n) is 4.27. The van der Waals surface area contributed by atoms with Crippen LogP contribution in [0.1, 0.15) is 43.9 Å². The Kier molecular flexibility index (Phi) is 10.5. The number of amides is 2. The van der Waals surface area contributed by atoms with Gasteiger partial charge in [-0.3, -0.25) is 14.4 Å². The van der Waals surface area contributed by atoms with Crippen molar-refractivity contribution in [1.82, 2.24) is 10.6 Å². The molecule has 0 radical (unpaired) electrons. The average Bonchev–Trinajstić information content (AvgIpc) is 2.94. The van der Waals surface area contributed by atoms with E-state index in [2.05, 4.69) is 10.6 Å². The predicted molar refractivity (Wildman–Crippen MR) is 147 cm³/mol. The Hall–Kier alpha value is -4.13. The Morgan fingerprint density at radius 2 is 1.50 bits per heavy atom. The van der Waals surface area contributed by atoms with Crippen molar-refractivity contribution >= 4 is 17.8 Å². The summed E-state index contributed by atoms with van der Waals surface area (Å²) in [4.78, 5) is 38.8. The normalized spacial score (nSPS) is 12.3. The van der Waals surface area contributed by atoms with Crippen LogP contribution in [0.2, 0.25) is 0 Å². The minimum atomic E-state index is -0.940. The van der Waals surface area contributed by atoms with Crippen molar-refractivity contribution in [3.05, 3.63) is 90.0 Å². The molecule has 200 valence electrons.